The van der Waals surface area contributed by atoms with Gasteiger partial charge in [-0.1, -0.05) is 89.1 Å². The Kier molecular flexibility index (Phi) is 11.2. The van der Waals surface area contributed by atoms with Gasteiger partial charge in [-0.3, -0.25) is 4.79 Å². The van der Waals surface area contributed by atoms with Crippen LogP contribution in [0.2, 0.25) is 0 Å². The summed E-state index contributed by atoms with van der Waals surface area (Å²) in [5, 5.41) is 9.66. The Labute approximate surface area is 147 Å². The second-order valence-corrected chi connectivity index (χ2v) is 6.62. The fraction of sp³-hybridized carbons (Fsp3) is 0.667. The van der Waals surface area contributed by atoms with Crippen LogP contribution in [-0.2, 0) is 16.1 Å². The van der Waals surface area contributed by atoms with Crippen molar-refractivity contribution in [1.29, 1.82) is 0 Å². The van der Waals surface area contributed by atoms with Gasteiger partial charge in [-0.05, 0) is 18.4 Å². The molecule has 0 radical (unpaired) electrons. The van der Waals surface area contributed by atoms with Crippen molar-refractivity contribution in [2.45, 2.75) is 84.3 Å². The normalized spacial score (nSPS) is 13.6. The smallest absolute Gasteiger partial charge is 0.309 e. The number of hydrogen-bond donors (Lipinski definition) is 1. The van der Waals surface area contributed by atoms with Crippen LogP contribution in [0.4, 0.5) is 0 Å². The van der Waals surface area contributed by atoms with E-state index in [0.29, 0.717) is 6.61 Å². The number of ether oxygens (including phenoxy) is 1. The van der Waals surface area contributed by atoms with Gasteiger partial charge in [0.05, 0.1) is 18.6 Å². The van der Waals surface area contributed by atoms with Crippen molar-refractivity contribution in [3.63, 3.8) is 0 Å². The zero-order valence-electron chi connectivity index (χ0n) is 15.4. The first kappa shape index (κ1) is 20.7. The van der Waals surface area contributed by atoms with Crippen LogP contribution in [0.1, 0.15) is 77.2 Å². The molecule has 3 nitrogen and oxygen atoms in total. The molecule has 0 saturated heterocycles. The molecule has 136 valence electrons. The molecule has 0 bridgehead atoms. The zero-order chi connectivity index (χ0) is 17.6. The van der Waals surface area contributed by atoms with Gasteiger partial charge in [-0.2, -0.15) is 0 Å². The first-order valence-corrected chi connectivity index (χ1v) is 9.57. The first-order chi connectivity index (χ1) is 11.7. The lowest BCUT2D eigenvalue weighted by atomic mass is 9.91. The highest BCUT2D eigenvalue weighted by Gasteiger charge is 2.28. The van der Waals surface area contributed by atoms with E-state index >= 15 is 0 Å². The van der Waals surface area contributed by atoms with E-state index in [1.165, 1.54) is 12.8 Å². The monoisotopic (exact) mass is 334 g/mol. The van der Waals surface area contributed by atoms with Gasteiger partial charge in [0.15, 0.2) is 0 Å². The highest BCUT2D eigenvalue weighted by atomic mass is 16.5. The molecule has 24 heavy (non-hydrogen) atoms. The molecular formula is C21H34O3. The second-order valence-electron chi connectivity index (χ2n) is 6.62. The highest BCUT2D eigenvalue weighted by molar-refractivity contribution is 5.70. The van der Waals surface area contributed by atoms with Crippen molar-refractivity contribution in [1.82, 2.24) is 0 Å². The van der Waals surface area contributed by atoms with Crippen molar-refractivity contribution in [2.24, 2.45) is 5.92 Å². The third kappa shape index (κ3) is 8.49. The van der Waals surface area contributed by atoms with Crippen molar-refractivity contribution < 1.29 is 14.6 Å². The summed E-state index contributed by atoms with van der Waals surface area (Å²) in [5.41, 5.74) is 1.11. The molecule has 0 heterocycles. The molecule has 0 amide bonds. The van der Waals surface area contributed by atoms with Gasteiger partial charge in [-0.25, -0.2) is 0 Å². The van der Waals surface area contributed by atoms with Gasteiger partial charge in [0.2, 0.25) is 0 Å². The number of carbonyl (C=O) groups is 1. The molecule has 0 aliphatic rings. The lowest BCUT2D eigenvalue weighted by Gasteiger charge is -2.25. The molecule has 3 heteroatoms. The summed E-state index contributed by atoms with van der Waals surface area (Å²) in [4.78, 5) is 11.8. The number of carboxylic acid groups (broad SMARTS) is 1. The van der Waals surface area contributed by atoms with Crippen LogP contribution in [0, 0.1) is 5.92 Å². The van der Waals surface area contributed by atoms with Crippen molar-refractivity contribution >= 4 is 5.97 Å². The van der Waals surface area contributed by atoms with Crippen molar-refractivity contribution in [2.75, 3.05) is 0 Å². The Hall–Kier alpha value is -1.35. The Morgan fingerprint density at radius 3 is 2.21 bits per heavy atom. The summed E-state index contributed by atoms with van der Waals surface area (Å²) in [7, 11) is 0. The molecule has 0 aliphatic carbocycles. The molecule has 0 saturated carbocycles. The summed E-state index contributed by atoms with van der Waals surface area (Å²) in [6.45, 7) is 4.83. The summed E-state index contributed by atoms with van der Waals surface area (Å²) in [6.07, 6.45) is 9.14. The molecule has 0 fully saturated rings. The molecule has 0 unspecified atom stereocenters. The number of carboxylic acids is 1. The summed E-state index contributed by atoms with van der Waals surface area (Å²) < 4.78 is 6.08. The maximum atomic E-state index is 11.8. The van der Waals surface area contributed by atoms with Gasteiger partial charge < -0.3 is 9.84 Å². The Bertz CT molecular complexity index is 430. The molecule has 1 N–H and O–H groups in total. The fourth-order valence-corrected chi connectivity index (χ4v) is 3.03. The van der Waals surface area contributed by atoms with Crippen molar-refractivity contribution in [3.05, 3.63) is 35.9 Å². The quantitative estimate of drug-likeness (QED) is 0.436. The zero-order valence-corrected chi connectivity index (χ0v) is 15.4. The second kappa shape index (κ2) is 13.0. The van der Waals surface area contributed by atoms with E-state index in [0.717, 1.165) is 50.5 Å². The van der Waals surface area contributed by atoms with E-state index < -0.39 is 5.97 Å². The van der Waals surface area contributed by atoms with Crippen LogP contribution in [-0.4, -0.2) is 17.2 Å². The van der Waals surface area contributed by atoms with E-state index in [4.69, 9.17) is 4.74 Å². The van der Waals surface area contributed by atoms with E-state index in [1.54, 1.807) is 0 Å². The van der Waals surface area contributed by atoms with E-state index in [2.05, 4.69) is 13.8 Å². The predicted molar refractivity (Wildman–Crippen MR) is 99.0 cm³/mol. The van der Waals surface area contributed by atoms with Gasteiger partial charge in [-0.15, -0.1) is 0 Å². The van der Waals surface area contributed by atoms with Crippen LogP contribution < -0.4 is 0 Å². The molecular weight excluding hydrogens is 300 g/mol. The van der Waals surface area contributed by atoms with Gasteiger partial charge in [0.1, 0.15) is 0 Å². The Morgan fingerprint density at radius 2 is 1.58 bits per heavy atom. The van der Waals surface area contributed by atoms with Crippen LogP contribution >= 0.6 is 0 Å². The SMILES string of the molecule is CCCCCC[C@H](OCc1ccccc1)[C@H](CCCCC)C(=O)O. The highest BCUT2D eigenvalue weighted by Crippen LogP contribution is 2.23. The van der Waals surface area contributed by atoms with Gasteiger partial charge in [0.25, 0.3) is 0 Å². The van der Waals surface area contributed by atoms with E-state index in [-0.39, 0.29) is 12.0 Å². The van der Waals surface area contributed by atoms with Gasteiger partial charge >= 0.3 is 5.97 Å². The van der Waals surface area contributed by atoms with Crippen LogP contribution in [0.5, 0.6) is 0 Å². The third-order valence-corrected chi connectivity index (χ3v) is 4.53. The maximum absolute atomic E-state index is 11.8. The minimum Gasteiger partial charge on any atom is -0.481 e. The molecule has 0 aliphatic heterocycles. The minimum absolute atomic E-state index is 0.184. The Balaban J connectivity index is 2.63. The molecule has 1 rings (SSSR count). The molecule has 1 aromatic carbocycles. The van der Waals surface area contributed by atoms with Crippen LogP contribution in [0.25, 0.3) is 0 Å². The van der Waals surface area contributed by atoms with E-state index in [9.17, 15) is 9.90 Å². The first-order valence-electron chi connectivity index (χ1n) is 9.57. The van der Waals surface area contributed by atoms with Gasteiger partial charge in [0, 0.05) is 0 Å². The summed E-state index contributed by atoms with van der Waals surface area (Å²) in [6, 6.07) is 10.0. The average molecular weight is 335 g/mol. The fourth-order valence-electron chi connectivity index (χ4n) is 3.03. The Morgan fingerprint density at radius 1 is 0.958 bits per heavy atom. The third-order valence-electron chi connectivity index (χ3n) is 4.53. The summed E-state index contributed by atoms with van der Waals surface area (Å²) >= 11 is 0. The summed E-state index contributed by atoms with van der Waals surface area (Å²) in [5.74, 6) is -1.10. The number of hydrogen-bond acceptors (Lipinski definition) is 2. The standard InChI is InChI=1S/C21H34O3/c1-3-5-7-12-16-20(19(21(22)23)15-9-6-4-2)24-17-18-13-10-8-11-14-18/h8,10-11,13-14,19-20H,3-7,9,12,15-17H2,1-2H3,(H,22,23)/t19-,20-/m0/s1. The predicted octanol–water partition coefficient (Wildman–Crippen LogP) is 5.82. The number of unbranched alkanes of at least 4 members (excludes halogenated alkanes) is 5. The lowest BCUT2D eigenvalue weighted by molar-refractivity contribution is -0.149. The lowest BCUT2D eigenvalue weighted by Crippen LogP contribution is -2.31. The van der Waals surface area contributed by atoms with Crippen molar-refractivity contribution in [3.8, 4) is 0 Å². The molecule has 2 atom stereocenters. The molecule has 0 spiro atoms. The maximum Gasteiger partial charge on any atom is 0.309 e. The number of benzene rings is 1. The van der Waals surface area contributed by atoms with Crippen LogP contribution in [0.15, 0.2) is 30.3 Å². The number of aliphatic carboxylic acids is 1. The van der Waals surface area contributed by atoms with E-state index in [1.807, 2.05) is 30.3 Å². The minimum atomic E-state index is -0.709. The topological polar surface area (TPSA) is 46.5 Å². The van der Waals surface area contributed by atoms with Crippen LogP contribution in [0.3, 0.4) is 0 Å². The molecule has 0 aromatic heterocycles. The number of rotatable bonds is 14. The largest absolute Gasteiger partial charge is 0.481 e. The molecule has 1 aromatic rings. The average Bonchev–Trinajstić information content (AvgIpc) is 2.59.